The van der Waals surface area contributed by atoms with E-state index in [0.717, 1.165) is 59.0 Å². The van der Waals surface area contributed by atoms with Gasteiger partial charge in [0.1, 0.15) is 0 Å². The average Bonchev–Trinajstić information content (AvgIpc) is 3.74. The van der Waals surface area contributed by atoms with Crippen molar-refractivity contribution in [3.8, 4) is 28.1 Å². The molecule has 1 saturated heterocycles. The number of aryl methyl sites for hydroxylation is 1. The van der Waals surface area contributed by atoms with Gasteiger partial charge in [0.2, 0.25) is 5.91 Å². The fraction of sp³-hybridized carbons (Fsp3) is 0.294. The first-order valence-electron chi connectivity index (χ1n) is 14.6. The van der Waals surface area contributed by atoms with E-state index < -0.39 is 0 Å². The van der Waals surface area contributed by atoms with Crippen LogP contribution in [0.2, 0.25) is 0 Å². The molecule has 9 heteroatoms. The quantitative estimate of drug-likeness (QED) is 0.265. The van der Waals surface area contributed by atoms with Crippen molar-refractivity contribution in [1.82, 2.24) is 34.8 Å². The Morgan fingerprint density at radius 1 is 1.00 bits per heavy atom. The summed E-state index contributed by atoms with van der Waals surface area (Å²) in [6.07, 6.45) is 7.65. The molecule has 1 fully saturated rings. The molecule has 2 aromatic carbocycles. The SMILES string of the molecule is COCCN1C[C@@H](NC(=O)Cc2c(C)c(-c3cnn(C)c3)nn2-c2ccccc2)[C@H](c2cccc(-c3cccnc3)c2)C1. The molecule has 0 spiro atoms. The monoisotopic (exact) mass is 575 g/mol. The van der Waals surface area contributed by atoms with Crippen LogP contribution in [-0.4, -0.2) is 74.7 Å². The average molecular weight is 576 g/mol. The van der Waals surface area contributed by atoms with Crippen LogP contribution in [0.4, 0.5) is 0 Å². The van der Waals surface area contributed by atoms with Crippen molar-refractivity contribution in [1.29, 1.82) is 0 Å². The lowest BCUT2D eigenvalue weighted by atomic mass is 9.91. The molecule has 3 aromatic heterocycles. The van der Waals surface area contributed by atoms with E-state index in [1.807, 2.05) is 73.6 Å². The van der Waals surface area contributed by atoms with Crippen LogP contribution in [0, 0.1) is 6.92 Å². The van der Waals surface area contributed by atoms with E-state index in [9.17, 15) is 4.79 Å². The molecule has 1 N–H and O–H groups in total. The highest BCUT2D eigenvalue weighted by Crippen LogP contribution is 2.31. The summed E-state index contributed by atoms with van der Waals surface area (Å²) >= 11 is 0. The second-order valence-corrected chi connectivity index (χ2v) is 11.1. The Morgan fingerprint density at radius 2 is 1.84 bits per heavy atom. The Kier molecular flexibility index (Phi) is 8.44. The molecule has 1 aliphatic rings. The van der Waals surface area contributed by atoms with Crippen LogP contribution < -0.4 is 5.32 Å². The number of aromatic nitrogens is 5. The molecule has 0 bridgehead atoms. The molecular formula is C34H37N7O2. The summed E-state index contributed by atoms with van der Waals surface area (Å²) in [7, 11) is 3.61. The number of nitrogens with zero attached hydrogens (tertiary/aromatic N) is 6. The van der Waals surface area contributed by atoms with Crippen molar-refractivity contribution in [2.75, 3.05) is 33.4 Å². The summed E-state index contributed by atoms with van der Waals surface area (Å²) < 4.78 is 9.03. The summed E-state index contributed by atoms with van der Waals surface area (Å²) in [5, 5.41) is 12.7. The molecule has 43 heavy (non-hydrogen) atoms. The summed E-state index contributed by atoms with van der Waals surface area (Å²) in [6, 6.07) is 22.6. The number of likely N-dealkylation sites (tertiary alicyclic amines) is 1. The van der Waals surface area contributed by atoms with E-state index in [1.54, 1.807) is 18.0 Å². The van der Waals surface area contributed by atoms with Crippen LogP contribution in [0.25, 0.3) is 28.1 Å². The highest BCUT2D eigenvalue weighted by molar-refractivity contribution is 5.80. The zero-order valence-electron chi connectivity index (χ0n) is 24.9. The third kappa shape index (κ3) is 6.28. The van der Waals surface area contributed by atoms with E-state index in [-0.39, 0.29) is 24.3 Å². The number of rotatable bonds is 10. The maximum Gasteiger partial charge on any atom is 0.226 e. The van der Waals surface area contributed by atoms with Gasteiger partial charge in [-0.1, -0.05) is 48.5 Å². The lowest BCUT2D eigenvalue weighted by Crippen LogP contribution is -2.41. The number of carbonyl (C=O) groups is 1. The Balaban J connectivity index is 1.27. The first-order valence-corrected chi connectivity index (χ1v) is 14.6. The van der Waals surface area contributed by atoms with Gasteiger partial charge >= 0.3 is 0 Å². The fourth-order valence-corrected chi connectivity index (χ4v) is 6.00. The van der Waals surface area contributed by atoms with E-state index in [0.29, 0.717) is 6.61 Å². The van der Waals surface area contributed by atoms with Gasteiger partial charge in [-0.3, -0.25) is 19.4 Å². The summed E-state index contributed by atoms with van der Waals surface area (Å²) in [4.78, 5) is 20.5. The zero-order valence-corrected chi connectivity index (χ0v) is 24.9. The lowest BCUT2D eigenvalue weighted by molar-refractivity contribution is -0.121. The molecule has 220 valence electrons. The number of hydrogen-bond acceptors (Lipinski definition) is 6. The van der Waals surface area contributed by atoms with Gasteiger partial charge in [-0.15, -0.1) is 0 Å². The standard InChI is InChI=1S/C34H37N7O2/c1-24-32(41(29-12-5-4-6-13-29)38-34(24)28-20-36-39(2)21-28)18-33(42)37-31-23-40(15-16-43-3)22-30(31)26-10-7-9-25(17-26)27-11-8-14-35-19-27/h4-14,17,19-21,30-31H,15-16,18,22-23H2,1-3H3,(H,37,42)/t30-,31+/m0/s1. The first kappa shape index (κ1) is 28.5. The van der Waals surface area contributed by atoms with Gasteiger partial charge in [0.25, 0.3) is 0 Å². The number of methoxy groups -OCH3 is 1. The van der Waals surface area contributed by atoms with Crippen molar-refractivity contribution in [2.24, 2.45) is 7.05 Å². The molecule has 5 aromatic rings. The van der Waals surface area contributed by atoms with E-state index in [4.69, 9.17) is 9.84 Å². The molecule has 2 atom stereocenters. The van der Waals surface area contributed by atoms with Gasteiger partial charge in [0.05, 0.1) is 36.3 Å². The number of nitrogens with one attached hydrogen (secondary N) is 1. The minimum Gasteiger partial charge on any atom is -0.383 e. The minimum atomic E-state index is -0.0419. The van der Waals surface area contributed by atoms with Gasteiger partial charge in [0.15, 0.2) is 0 Å². The molecular weight excluding hydrogens is 538 g/mol. The van der Waals surface area contributed by atoms with Crippen molar-refractivity contribution in [3.63, 3.8) is 0 Å². The molecule has 0 saturated carbocycles. The molecule has 0 radical (unpaired) electrons. The molecule has 1 amide bonds. The van der Waals surface area contributed by atoms with Gasteiger partial charge in [0, 0.05) is 69.9 Å². The molecule has 9 nitrogen and oxygen atoms in total. The number of amides is 1. The van der Waals surface area contributed by atoms with Gasteiger partial charge in [-0.2, -0.15) is 10.2 Å². The lowest BCUT2D eigenvalue weighted by Gasteiger charge is -2.21. The van der Waals surface area contributed by atoms with Crippen molar-refractivity contribution in [2.45, 2.75) is 25.3 Å². The van der Waals surface area contributed by atoms with Crippen LogP contribution >= 0.6 is 0 Å². The number of hydrogen-bond donors (Lipinski definition) is 1. The van der Waals surface area contributed by atoms with E-state index in [1.165, 1.54) is 5.56 Å². The maximum atomic E-state index is 13.8. The predicted octanol–water partition coefficient (Wildman–Crippen LogP) is 4.42. The molecule has 0 unspecified atom stereocenters. The largest absolute Gasteiger partial charge is 0.383 e. The van der Waals surface area contributed by atoms with Crippen LogP contribution in [0.3, 0.4) is 0 Å². The predicted molar refractivity (Wildman–Crippen MR) is 167 cm³/mol. The number of ether oxygens (including phenoxy) is 1. The van der Waals surface area contributed by atoms with Gasteiger partial charge in [-0.25, -0.2) is 4.68 Å². The van der Waals surface area contributed by atoms with Gasteiger partial charge in [-0.05, 0) is 47.4 Å². The van der Waals surface area contributed by atoms with Crippen LogP contribution in [0.15, 0.2) is 91.5 Å². The van der Waals surface area contributed by atoms with Crippen molar-refractivity contribution >= 4 is 5.91 Å². The molecule has 1 aliphatic heterocycles. The number of carbonyl (C=O) groups excluding carboxylic acids is 1. The van der Waals surface area contributed by atoms with Crippen LogP contribution in [0.1, 0.15) is 22.7 Å². The number of pyridine rings is 1. The molecule has 6 rings (SSSR count). The third-order valence-corrected chi connectivity index (χ3v) is 8.21. The van der Waals surface area contributed by atoms with E-state index >= 15 is 0 Å². The van der Waals surface area contributed by atoms with Crippen molar-refractivity contribution in [3.05, 3.63) is 108 Å². The molecule has 4 heterocycles. The van der Waals surface area contributed by atoms with E-state index in [2.05, 4.69) is 50.6 Å². The number of benzene rings is 2. The normalized spacial score (nSPS) is 16.9. The van der Waals surface area contributed by atoms with Crippen LogP contribution in [0.5, 0.6) is 0 Å². The minimum absolute atomic E-state index is 0.0232. The van der Waals surface area contributed by atoms with Crippen molar-refractivity contribution < 1.29 is 9.53 Å². The summed E-state index contributed by atoms with van der Waals surface area (Å²) in [6.45, 7) is 5.10. The summed E-state index contributed by atoms with van der Waals surface area (Å²) in [5.41, 5.74) is 7.92. The molecule has 0 aliphatic carbocycles. The summed E-state index contributed by atoms with van der Waals surface area (Å²) in [5.74, 6) is 0.119. The second kappa shape index (κ2) is 12.7. The number of para-hydroxylation sites is 1. The van der Waals surface area contributed by atoms with Crippen LogP contribution in [-0.2, 0) is 23.0 Å². The highest BCUT2D eigenvalue weighted by atomic mass is 16.5. The van der Waals surface area contributed by atoms with Gasteiger partial charge < -0.3 is 10.1 Å². The smallest absolute Gasteiger partial charge is 0.226 e. The third-order valence-electron chi connectivity index (χ3n) is 8.21. The zero-order chi connectivity index (χ0) is 29.8. The highest BCUT2D eigenvalue weighted by Gasteiger charge is 2.35. The topological polar surface area (TPSA) is 90.1 Å². The Bertz CT molecular complexity index is 1680. The second-order valence-electron chi connectivity index (χ2n) is 11.1. The fourth-order valence-electron chi connectivity index (χ4n) is 6.00. The Labute approximate surface area is 252 Å². The first-order chi connectivity index (χ1) is 21.0. The Morgan fingerprint density at radius 3 is 2.58 bits per heavy atom. The Hall–Kier alpha value is -4.60. The maximum absolute atomic E-state index is 13.8.